The first-order valence-corrected chi connectivity index (χ1v) is 6.56. The zero-order valence-corrected chi connectivity index (χ0v) is 11.5. The quantitative estimate of drug-likeness (QED) is 0.467. The standard InChI is InChI=1S/C10H19O2S.BrH/c1-10(2,3)12-9(11)8-13-6-4-5-7-13;/h4-8H2,1-3H3;1H/q+1;/p-1. The molecule has 0 saturated carbocycles. The molecule has 0 aliphatic carbocycles. The first kappa shape index (κ1) is 14.3. The Morgan fingerprint density at radius 1 is 1.29 bits per heavy atom. The lowest BCUT2D eigenvalue weighted by molar-refractivity contribution is -0.151. The van der Waals surface area contributed by atoms with E-state index in [0.717, 1.165) is 0 Å². The van der Waals surface area contributed by atoms with Crippen molar-refractivity contribution in [2.45, 2.75) is 39.2 Å². The van der Waals surface area contributed by atoms with Crippen LogP contribution in [0.2, 0.25) is 0 Å². The summed E-state index contributed by atoms with van der Waals surface area (Å²) in [5, 5.41) is 0. The van der Waals surface area contributed by atoms with Crippen LogP contribution in [-0.4, -0.2) is 28.8 Å². The summed E-state index contributed by atoms with van der Waals surface area (Å²) in [7, 11) is 0.333. The Kier molecular flexibility index (Phi) is 6.14. The molecule has 4 heteroatoms. The lowest BCUT2D eigenvalue weighted by Gasteiger charge is -2.18. The van der Waals surface area contributed by atoms with Crippen molar-refractivity contribution in [1.82, 2.24) is 0 Å². The third kappa shape index (κ3) is 5.91. The van der Waals surface area contributed by atoms with Gasteiger partial charge in [-0.05, 0) is 44.5 Å². The van der Waals surface area contributed by atoms with Crippen LogP contribution < -0.4 is 17.0 Å². The Morgan fingerprint density at radius 3 is 2.21 bits per heavy atom. The topological polar surface area (TPSA) is 26.3 Å². The number of hydrogen-bond acceptors (Lipinski definition) is 2. The molecule has 0 spiro atoms. The second-order valence-corrected chi connectivity index (χ2v) is 6.79. The molecule has 0 bridgehead atoms. The Bertz CT molecular complexity index is 183. The molecule has 1 saturated heterocycles. The number of esters is 1. The molecule has 14 heavy (non-hydrogen) atoms. The number of hydrogen-bond donors (Lipinski definition) is 0. The predicted octanol–water partition coefficient (Wildman–Crippen LogP) is -1.26. The molecule has 84 valence electrons. The minimum absolute atomic E-state index is 0. The van der Waals surface area contributed by atoms with E-state index in [4.69, 9.17) is 4.74 Å². The van der Waals surface area contributed by atoms with Gasteiger partial charge in [0.05, 0.1) is 0 Å². The van der Waals surface area contributed by atoms with Crippen LogP contribution >= 0.6 is 0 Å². The van der Waals surface area contributed by atoms with Crippen molar-refractivity contribution in [1.29, 1.82) is 0 Å². The third-order valence-electron chi connectivity index (χ3n) is 1.86. The largest absolute Gasteiger partial charge is 1.00 e. The van der Waals surface area contributed by atoms with Crippen molar-refractivity contribution in [2.24, 2.45) is 0 Å². The zero-order valence-electron chi connectivity index (χ0n) is 9.14. The highest BCUT2D eigenvalue weighted by atomic mass is 79.9. The van der Waals surface area contributed by atoms with E-state index in [-0.39, 0.29) is 28.6 Å². The van der Waals surface area contributed by atoms with Crippen LogP contribution in [0.5, 0.6) is 0 Å². The van der Waals surface area contributed by atoms with Gasteiger partial charge in [-0.25, -0.2) is 4.79 Å². The Labute approximate surface area is 99.9 Å². The Hall–Kier alpha value is 0.300. The Morgan fingerprint density at radius 2 is 1.79 bits per heavy atom. The molecule has 0 aromatic heterocycles. The maximum Gasteiger partial charge on any atom is 0.356 e. The van der Waals surface area contributed by atoms with Gasteiger partial charge in [-0.1, -0.05) is 0 Å². The number of halogens is 1. The van der Waals surface area contributed by atoms with Crippen molar-refractivity contribution in [3.63, 3.8) is 0 Å². The number of carbonyl (C=O) groups is 1. The molecule has 0 radical (unpaired) electrons. The highest BCUT2D eigenvalue weighted by Gasteiger charge is 2.29. The molecule has 0 atom stereocenters. The SMILES string of the molecule is CC(C)(C)OC(=O)C[S+]1CCCC1.[Br-]. The monoisotopic (exact) mass is 282 g/mol. The summed E-state index contributed by atoms with van der Waals surface area (Å²) in [6.45, 7) is 5.76. The molecular weight excluding hydrogens is 264 g/mol. The third-order valence-corrected chi connectivity index (χ3v) is 4.23. The highest BCUT2D eigenvalue weighted by molar-refractivity contribution is 7.97. The van der Waals surface area contributed by atoms with Gasteiger partial charge in [-0.2, -0.15) is 0 Å². The van der Waals surface area contributed by atoms with Crippen LogP contribution in [0.1, 0.15) is 33.6 Å². The van der Waals surface area contributed by atoms with Crippen molar-refractivity contribution in [2.75, 3.05) is 17.3 Å². The zero-order chi connectivity index (χ0) is 9.90. The fourth-order valence-corrected chi connectivity index (χ4v) is 3.51. The van der Waals surface area contributed by atoms with E-state index in [1.807, 2.05) is 20.8 Å². The molecule has 1 fully saturated rings. The van der Waals surface area contributed by atoms with Gasteiger partial charge in [0.1, 0.15) is 17.1 Å². The minimum atomic E-state index is -0.319. The van der Waals surface area contributed by atoms with Gasteiger partial charge in [0.2, 0.25) is 5.75 Å². The molecule has 0 aromatic rings. The molecule has 1 aliphatic heterocycles. The van der Waals surface area contributed by atoms with E-state index in [9.17, 15) is 4.79 Å². The molecule has 0 amide bonds. The lowest BCUT2D eigenvalue weighted by atomic mass is 10.2. The van der Waals surface area contributed by atoms with Gasteiger partial charge in [0, 0.05) is 0 Å². The first-order chi connectivity index (χ1) is 5.97. The summed E-state index contributed by atoms with van der Waals surface area (Å²) in [6.07, 6.45) is 2.60. The molecule has 2 nitrogen and oxygen atoms in total. The average molecular weight is 283 g/mol. The van der Waals surface area contributed by atoms with Gasteiger partial charge < -0.3 is 21.7 Å². The van der Waals surface area contributed by atoms with Crippen molar-refractivity contribution < 1.29 is 26.5 Å². The minimum Gasteiger partial charge on any atom is -1.00 e. The molecular formula is C10H19BrO2S. The molecule has 0 unspecified atom stereocenters. The van der Waals surface area contributed by atoms with Gasteiger partial charge in [-0.15, -0.1) is 0 Å². The van der Waals surface area contributed by atoms with Crippen LogP contribution in [0.25, 0.3) is 0 Å². The fourth-order valence-electron chi connectivity index (χ4n) is 1.40. The van der Waals surface area contributed by atoms with Crippen LogP contribution in [0.3, 0.4) is 0 Å². The van der Waals surface area contributed by atoms with E-state index in [1.165, 1.54) is 24.3 Å². The van der Waals surface area contributed by atoms with Crippen molar-refractivity contribution in [3.05, 3.63) is 0 Å². The summed E-state index contributed by atoms with van der Waals surface area (Å²) >= 11 is 0. The number of ether oxygens (including phenoxy) is 1. The van der Waals surface area contributed by atoms with Gasteiger partial charge >= 0.3 is 5.97 Å². The molecule has 0 N–H and O–H groups in total. The summed E-state index contributed by atoms with van der Waals surface area (Å²) < 4.78 is 5.27. The van der Waals surface area contributed by atoms with E-state index >= 15 is 0 Å². The van der Waals surface area contributed by atoms with E-state index in [1.54, 1.807) is 0 Å². The van der Waals surface area contributed by atoms with Crippen molar-refractivity contribution in [3.8, 4) is 0 Å². The molecule has 1 rings (SSSR count). The van der Waals surface area contributed by atoms with E-state index in [2.05, 4.69) is 0 Å². The van der Waals surface area contributed by atoms with Gasteiger partial charge in [-0.3, -0.25) is 0 Å². The smallest absolute Gasteiger partial charge is 0.356 e. The van der Waals surface area contributed by atoms with Crippen LogP contribution in [0.4, 0.5) is 0 Å². The molecule has 1 aliphatic rings. The first-order valence-electron chi connectivity index (χ1n) is 4.83. The molecule has 0 aromatic carbocycles. The number of carbonyl (C=O) groups excluding carboxylic acids is 1. The second-order valence-electron chi connectivity index (χ2n) is 4.46. The van der Waals surface area contributed by atoms with Crippen LogP contribution in [0, 0.1) is 0 Å². The van der Waals surface area contributed by atoms with E-state index in [0.29, 0.717) is 16.6 Å². The summed E-state index contributed by atoms with van der Waals surface area (Å²) in [6, 6.07) is 0. The summed E-state index contributed by atoms with van der Waals surface area (Å²) in [5.74, 6) is 3.10. The lowest BCUT2D eigenvalue weighted by Crippen LogP contribution is -3.00. The van der Waals surface area contributed by atoms with Crippen LogP contribution in [-0.2, 0) is 20.4 Å². The normalized spacial score (nSPS) is 17.6. The summed E-state index contributed by atoms with van der Waals surface area (Å²) in [5.41, 5.74) is -0.319. The van der Waals surface area contributed by atoms with Gasteiger partial charge in [0.25, 0.3) is 0 Å². The van der Waals surface area contributed by atoms with Gasteiger partial charge in [0.15, 0.2) is 0 Å². The summed E-state index contributed by atoms with van der Waals surface area (Å²) in [4.78, 5) is 11.4. The average Bonchev–Trinajstić information content (AvgIpc) is 2.34. The van der Waals surface area contributed by atoms with E-state index < -0.39 is 0 Å². The Balaban J connectivity index is 0.00000169. The van der Waals surface area contributed by atoms with Crippen molar-refractivity contribution >= 4 is 16.9 Å². The predicted molar refractivity (Wildman–Crippen MR) is 57.0 cm³/mol. The second kappa shape index (κ2) is 6.01. The highest BCUT2D eigenvalue weighted by Crippen LogP contribution is 2.15. The van der Waals surface area contributed by atoms with Crippen LogP contribution in [0.15, 0.2) is 0 Å². The fraction of sp³-hybridized carbons (Fsp3) is 0.900. The molecule has 1 heterocycles. The number of rotatable bonds is 2. The maximum atomic E-state index is 11.4. The maximum absolute atomic E-state index is 11.4.